The summed E-state index contributed by atoms with van der Waals surface area (Å²) >= 11 is 0. The molecule has 6 nitrogen and oxygen atoms in total. The molecular formula is C16H27ClN4O2. The highest BCUT2D eigenvalue weighted by molar-refractivity contribution is 5.85. The predicted octanol–water partition coefficient (Wildman–Crippen LogP) is 0.748. The van der Waals surface area contributed by atoms with Gasteiger partial charge in [-0.15, -0.1) is 12.4 Å². The van der Waals surface area contributed by atoms with Crippen LogP contribution in [0.1, 0.15) is 19.3 Å². The monoisotopic (exact) mass is 342 g/mol. The molecule has 2 N–H and O–H groups in total. The number of pyridine rings is 1. The van der Waals surface area contributed by atoms with Crippen molar-refractivity contribution in [2.75, 3.05) is 44.2 Å². The van der Waals surface area contributed by atoms with Crippen molar-refractivity contribution < 1.29 is 10.2 Å². The van der Waals surface area contributed by atoms with Crippen LogP contribution in [0.5, 0.6) is 0 Å². The zero-order valence-electron chi connectivity index (χ0n) is 13.4. The maximum Gasteiger partial charge on any atom is 0.128 e. The third-order valence-corrected chi connectivity index (χ3v) is 4.68. The van der Waals surface area contributed by atoms with Gasteiger partial charge in [0.1, 0.15) is 18.3 Å². The SMILES string of the molecule is Cl.OC1CCC(O)N1CCCN1CCN(c2ccccn2)CC1. The Morgan fingerprint density at radius 3 is 2.30 bits per heavy atom. The lowest BCUT2D eigenvalue weighted by Gasteiger charge is -2.35. The largest absolute Gasteiger partial charge is 0.378 e. The summed E-state index contributed by atoms with van der Waals surface area (Å²) in [4.78, 5) is 11.0. The van der Waals surface area contributed by atoms with Gasteiger partial charge in [-0.3, -0.25) is 9.80 Å². The average molecular weight is 343 g/mol. The Balaban J connectivity index is 0.00000192. The maximum atomic E-state index is 9.80. The van der Waals surface area contributed by atoms with E-state index in [1.54, 1.807) is 0 Å². The summed E-state index contributed by atoms with van der Waals surface area (Å²) in [5.74, 6) is 1.06. The Hall–Kier alpha value is -0.920. The number of aliphatic hydroxyl groups excluding tert-OH is 2. The number of halogens is 1. The van der Waals surface area contributed by atoms with E-state index >= 15 is 0 Å². The van der Waals surface area contributed by atoms with Crippen LogP contribution in [0, 0.1) is 0 Å². The van der Waals surface area contributed by atoms with Crippen molar-refractivity contribution in [1.29, 1.82) is 0 Å². The molecule has 130 valence electrons. The number of piperazine rings is 1. The van der Waals surface area contributed by atoms with Crippen LogP contribution in [-0.2, 0) is 0 Å². The third-order valence-electron chi connectivity index (χ3n) is 4.68. The molecule has 0 bridgehead atoms. The first-order chi connectivity index (χ1) is 10.7. The minimum Gasteiger partial charge on any atom is -0.378 e. The lowest BCUT2D eigenvalue weighted by molar-refractivity contribution is -0.0541. The summed E-state index contributed by atoms with van der Waals surface area (Å²) in [5.41, 5.74) is 0. The van der Waals surface area contributed by atoms with Gasteiger partial charge in [-0.25, -0.2) is 4.98 Å². The minimum atomic E-state index is -0.462. The lowest BCUT2D eigenvalue weighted by Crippen LogP contribution is -2.47. The zero-order valence-corrected chi connectivity index (χ0v) is 14.2. The van der Waals surface area contributed by atoms with Gasteiger partial charge in [-0.1, -0.05) is 6.07 Å². The van der Waals surface area contributed by atoms with E-state index in [2.05, 4.69) is 20.9 Å². The Morgan fingerprint density at radius 2 is 1.70 bits per heavy atom. The number of nitrogens with zero attached hydrogens (tertiary/aromatic N) is 4. The molecule has 1 aromatic heterocycles. The molecule has 23 heavy (non-hydrogen) atoms. The summed E-state index contributed by atoms with van der Waals surface area (Å²) < 4.78 is 0. The van der Waals surface area contributed by atoms with Gasteiger partial charge < -0.3 is 15.1 Å². The molecule has 2 fully saturated rings. The second kappa shape index (κ2) is 8.80. The van der Waals surface area contributed by atoms with Crippen molar-refractivity contribution in [3.05, 3.63) is 24.4 Å². The summed E-state index contributed by atoms with van der Waals surface area (Å²) in [6.45, 7) is 5.89. The molecule has 2 saturated heterocycles. The van der Waals surface area contributed by atoms with Crippen LogP contribution in [0.15, 0.2) is 24.4 Å². The quantitative estimate of drug-likeness (QED) is 0.823. The standard InChI is InChI=1S/C16H26N4O2.ClH/c21-15-5-6-16(22)20(15)9-3-8-18-10-12-19(13-11-18)14-4-1-2-7-17-14;/h1-2,4,7,15-16,21-22H,3,5-6,8-13H2;1H. The topological polar surface area (TPSA) is 63.1 Å². The fourth-order valence-corrected chi connectivity index (χ4v) is 3.34. The highest BCUT2D eigenvalue weighted by Gasteiger charge is 2.29. The molecule has 2 unspecified atom stereocenters. The Morgan fingerprint density at radius 1 is 1.00 bits per heavy atom. The van der Waals surface area contributed by atoms with E-state index < -0.39 is 12.5 Å². The summed E-state index contributed by atoms with van der Waals surface area (Å²) in [7, 11) is 0. The van der Waals surface area contributed by atoms with Crippen LogP contribution in [0.25, 0.3) is 0 Å². The molecule has 2 atom stereocenters. The molecule has 0 radical (unpaired) electrons. The molecular weight excluding hydrogens is 316 g/mol. The maximum absolute atomic E-state index is 9.80. The van der Waals surface area contributed by atoms with E-state index in [-0.39, 0.29) is 12.4 Å². The van der Waals surface area contributed by atoms with Crippen molar-refractivity contribution >= 4 is 18.2 Å². The second-order valence-electron chi connectivity index (χ2n) is 6.15. The fraction of sp³-hybridized carbons (Fsp3) is 0.688. The fourth-order valence-electron chi connectivity index (χ4n) is 3.34. The van der Waals surface area contributed by atoms with E-state index in [4.69, 9.17) is 0 Å². The van der Waals surface area contributed by atoms with Crippen molar-refractivity contribution in [2.24, 2.45) is 0 Å². The molecule has 2 aliphatic heterocycles. The molecule has 3 rings (SSSR count). The molecule has 0 aliphatic carbocycles. The number of hydrogen-bond donors (Lipinski definition) is 2. The summed E-state index contributed by atoms with van der Waals surface area (Å²) in [6, 6.07) is 6.04. The van der Waals surface area contributed by atoms with Crippen LogP contribution in [-0.4, -0.2) is 76.7 Å². The highest BCUT2D eigenvalue weighted by Crippen LogP contribution is 2.20. The van der Waals surface area contributed by atoms with Crippen LogP contribution >= 0.6 is 12.4 Å². The molecule has 0 spiro atoms. The number of anilines is 1. The van der Waals surface area contributed by atoms with Crippen LogP contribution < -0.4 is 4.90 Å². The molecule has 3 heterocycles. The van der Waals surface area contributed by atoms with Gasteiger partial charge in [0.25, 0.3) is 0 Å². The van der Waals surface area contributed by atoms with Gasteiger partial charge in [0.2, 0.25) is 0 Å². The van der Waals surface area contributed by atoms with Crippen LogP contribution in [0.2, 0.25) is 0 Å². The van der Waals surface area contributed by atoms with Crippen LogP contribution in [0.4, 0.5) is 5.82 Å². The van der Waals surface area contributed by atoms with Gasteiger partial charge in [-0.05, 0) is 37.9 Å². The van der Waals surface area contributed by atoms with Crippen molar-refractivity contribution in [1.82, 2.24) is 14.8 Å². The van der Waals surface area contributed by atoms with E-state index in [0.29, 0.717) is 12.8 Å². The van der Waals surface area contributed by atoms with Crippen molar-refractivity contribution in [2.45, 2.75) is 31.7 Å². The van der Waals surface area contributed by atoms with Gasteiger partial charge in [-0.2, -0.15) is 0 Å². The number of aliphatic hydroxyl groups is 2. The van der Waals surface area contributed by atoms with E-state index in [9.17, 15) is 10.2 Å². The smallest absolute Gasteiger partial charge is 0.128 e. The van der Waals surface area contributed by atoms with Crippen molar-refractivity contribution in [3.8, 4) is 0 Å². The lowest BCUT2D eigenvalue weighted by atomic mass is 10.2. The van der Waals surface area contributed by atoms with Gasteiger partial charge >= 0.3 is 0 Å². The Kier molecular flexibility index (Phi) is 7.05. The van der Waals surface area contributed by atoms with E-state index in [1.807, 2.05) is 23.2 Å². The highest BCUT2D eigenvalue weighted by atomic mass is 35.5. The van der Waals surface area contributed by atoms with Gasteiger partial charge in [0.05, 0.1) is 0 Å². The third kappa shape index (κ3) is 4.78. The minimum absolute atomic E-state index is 0. The zero-order chi connectivity index (χ0) is 15.4. The first-order valence-corrected chi connectivity index (χ1v) is 8.24. The van der Waals surface area contributed by atoms with Gasteiger partial charge in [0, 0.05) is 38.9 Å². The average Bonchev–Trinajstić information content (AvgIpc) is 2.88. The number of aromatic nitrogens is 1. The number of hydrogen-bond acceptors (Lipinski definition) is 6. The van der Waals surface area contributed by atoms with Crippen LogP contribution in [0.3, 0.4) is 0 Å². The first-order valence-electron chi connectivity index (χ1n) is 8.24. The second-order valence-corrected chi connectivity index (χ2v) is 6.15. The van der Waals surface area contributed by atoms with E-state index in [0.717, 1.165) is 51.5 Å². The molecule has 0 amide bonds. The van der Waals surface area contributed by atoms with E-state index in [1.165, 1.54) is 0 Å². The summed E-state index contributed by atoms with van der Waals surface area (Å²) in [6.07, 6.45) is 3.27. The number of likely N-dealkylation sites (tertiary alicyclic amines) is 1. The molecule has 7 heteroatoms. The Bertz CT molecular complexity index is 447. The van der Waals surface area contributed by atoms with Crippen molar-refractivity contribution in [3.63, 3.8) is 0 Å². The molecule has 0 saturated carbocycles. The predicted molar refractivity (Wildman–Crippen MR) is 92.7 cm³/mol. The molecule has 2 aliphatic rings. The first kappa shape index (κ1) is 18.4. The number of rotatable bonds is 5. The summed E-state index contributed by atoms with van der Waals surface area (Å²) in [5, 5.41) is 19.6. The normalized spacial score (nSPS) is 26.3. The van der Waals surface area contributed by atoms with Gasteiger partial charge in [0.15, 0.2) is 0 Å². The molecule has 1 aromatic rings. The molecule has 0 aromatic carbocycles. The Labute approximate surface area is 144 Å².